The van der Waals surface area contributed by atoms with Crippen LogP contribution in [0.5, 0.6) is 0 Å². The standard InChI is InChI=1S/C17H18N6O/c1-12(15-10-6-7-11-18-15)19-17(24)13(2)23-21-16(20-22-23)14-8-4-3-5-9-14/h3-13H,1-2H3,(H,19,24). The maximum Gasteiger partial charge on any atom is 0.247 e. The van der Waals surface area contributed by atoms with Crippen molar-refractivity contribution >= 4 is 5.91 Å². The Kier molecular flexibility index (Phi) is 4.60. The molecule has 122 valence electrons. The van der Waals surface area contributed by atoms with E-state index in [0.717, 1.165) is 11.3 Å². The van der Waals surface area contributed by atoms with Crippen molar-refractivity contribution in [2.24, 2.45) is 0 Å². The Bertz CT molecular complexity index is 802. The highest BCUT2D eigenvalue weighted by Gasteiger charge is 2.21. The Morgan fingerprint density at radius 2 is 1.83 bits per heavy atom. The molecule has 0 fully saturated rings. The molecule has 7 heteroatoms. The summed E-state index contributed by atoms with van der Waals surface area (Å²) in [6, 6.07) is 14.4. The fourth-order valence-corrected chi connectivity index (χ4v) is 2.24. The normalized spacial score (nSPS) is 13.2. The van der Waals surface area contributed by atoms with Crippen LogP contribution in [-0.4, -0.2) is 31.1 Å². The molecule has 1 N–H and O–H groups in total. The molecule has 3 aromatic rings. The van der Waals surface area contributed by atoms with E-state index in [1.165, 1.54) is 4.80 Å². The van der Waals surface area contributed by atoms with Crippen molar-refractivity contribution < 1.29 is 4.79 Å². The van der Waals surface area contributed by atoms with E-state index < -0.39 is 6.04 Å². The first-order valence-electron chi connectivity index (χ1n) is 7.71. The number of hydrogen-bond acceptors (Lipinski definition) is 5. The van der Waals surface area contributed by atoms with Gasteiger partial charge in [-0.1, -0.05) is 36.4 Å². The molecule has 1 aromatic carbocycles. The topological polar surface area (TPSA) is 85.6 Å². The molecule has 24 heavy (non-hydrogen) atoms. The number of amides is 1. The van der Waals surface area contributed by atoms with E-state index in [-0.39, 0.29) is 11.9 Å². The highest BCUT2D eigenvalue weighted by Crippen LogP contribution is 2.14. The third kappa shape index (κ3) is 3.45. The van der Waals surface area contributed by atoms with E-state index in [9.17, 15) is 4.79 Å². The van der Waals surface area contributed by atoms with E-state index in [2.05, 4.69) is 25.7 Å². The van der Waals surface area contributed by atoms with Gasteiger partial charge in [0.2, 0.25) is 11.7 Å². The third-order valence-corrected chi connectivity index (χ3v) is 3.68. The Morgan fingerprint density at radius 1 is 1.08 bits per heavy atom. The van der Waals surface area contributed by atoms with Crippen LogP contribution in [0.3, 0.4) is 0 Å². The van der Waals surface area contributed by atoms with Gasteiger partial charge >= 0.3 is 0 Å². The number of carbonyl (C=O) groups excluding carboxylic acids is 1. The molecule has 0 aliphatic rings. The molecule has 0 radical (unpaired) electrons. The third-order valence-electron chi connectivity index (χ3n) is 3.68. The van der Waals surface area contributed by atoms with Crippen molar-refractivity contribution in [2.75, 3.05) is 0 Å². The predicted octanol–water partition coefficient (Wildman–Crippen LogP) is 2.17. The van der Waals surface area contributed by atoms with Gasteiger partial charge in [-0.25, -0.2) is 0 Å². The number of rotatable bonds is 5. The molecular weight excluding hydrogens is 304 g/mol. The summed E-state index contributed by atoms with van der Waals surface area (Å²) in [5.41, 5.74) is 1.66. The molecule has 2 aromatic heterocycles. The van der Waals surface area contributed by atoms with Gasteiger partial charge in [0.1, 0.15) is 6.04 Å². The SMILES string of the molecule is CC(NC(=O)C(C)n1nnc(-c2ccccc2)n1)c1ccccn1. The molecule has 0 saturated heterocycles. The number of benzene rings is 1. The number of nitrogens with one attached hydrogen (secondary N) is 1. The Balaban J connectivity index is 1.69. The minimum absolute atomic E-state index is 0.190. The van der Waals surface area contributed by atoms with Gasteiger partial charge in [-0.05, 0) is 31.2 Å². The van der Waals surface area contributed by atoms with Crippen LogP contribution in [0.2, 0.25) is 0 Å². The smallest absolute Gasteiger partial charge is 0.247 e. The molecule has 2 heterocycles. The first-order chi connectivity index (χ1) is 11.6. The van der Waals surface area contributed by atoms with Gasteiger partial charge in [-0.15, -0.1) is 10.2 Å². The Morgan fingerprint density at radius 3 is 2.54 bits per heavy atom. The van der Waals surface area contributed by atoms with Gasteiger partial charge in [0.25, 0.3) is 0 Å². The predicted molar refractivity (Wildman–Crippen MR) is 88.8 cm³/mol. The molecule has 0 aliphatic heterocycles. The second-order valence-electron chi connectivity index (χ2n) is 5.46. The zero-order valence-electron chi connectivity index (χ0n) is 13.5. The van der Waals surface area contributed by atoms with Gasteiger partial charge in [-0.2, -0.15) is 4.80 Å². The molecular formula is C17H18N6O. The Labute approximate surface area is 139 Å². The van der Waals surface area contributed by atoms with E-state index in [1.54, 1.807) is 13.1 Å². The molecule has 0 spiro atoms. The van der Waals surface area contributed by atoms with E-state index in [0.29, 0.717) is 5.82 Å². The summed E-state index contributed by atoms with van der Waals surface area (Å²) in [6.45, 7) is 3.62. The number of tetrazole rings is 1. The number of hydrogen-bond donors (Lipinski definition) is 1. The summed E-state index contributed by atoms with van der Waals surface area (Å²) >= 11 is 0. The maximum absolute atomic E-state index is 12.4. The molecule has 0 saturated carbocycles. The second kappa shape index (κ2) is 6.99. The summed E-state index contributed by atoms with van der Waals surface area (Å²) in [6.07, 6.45) is 1.70. The zero-order valence-corrected chi connectivity index (χ0v) is 13.5. The second-order valence-corrected chi connectivity index (χ2v) is 5.46. The van der Waals surface area contributed by atoms with Crippen LogP contribution in [0.4, 0.5) is 0 Å². The van der Waals surface area contributed by atoms with E-state index in [1.807, 2.05) is 55.5 Å². The van der Waals surface area contributed by atoms with Crippen molar-refractivity contribution in [2.45, 2.75) is 25.9 Å². The summed E-state index contributed by atoms with van der Waals surface area (Å²) < 4.78 is 0. The van der Waals surface area contributed by atoms with Gasteiger partial charge in [0.05, 0.1) is 11.7 Å². The molecule has 2 unspecified atom stereocenters. The van der Waals surface area contributed by atoms with Gasteiger partial charge in [-0.3, -0.25) is 9.78 Å². The minimum Gasteiger partial charge on any atom is -0.346 e. The molecule has 2 atom stereocenters. The van der Waals surface area contributed by atoms with Crippen LogP contribution in [0.15, 0.2) is 54.7 Å². The lowest BCUT2D eigenvalue weighted by Crippen LogP contribution is -2.34. The highest BCUT2D eigenvalue weighted by molar-refractivity contribution is 5.80. The summed E-state index contributed by atoms with van der Waals surface area (Å²) in [5, 5.41) is 15.2. The number of carbonyl (C=O) groups is 1. The van der Waals surface area contributed by atoms with E-state index in [4.69, 9.17) is 0 Å². The Hall–Kier alpha value is -3.09. The van der Waals surface area contributed by atoms with E-state index >= 15 is 0 Å². The van der Waals surface area contributed by atoms with Crippen molar-refractivity contribution in [3.63, 3.8) is 0 Å². The fourth-order valence-electron chi connectivity index (χ4n) is 2.24. The van der Waals surface area contributed by atoms with Crippen LogP contribution in [0.1, 0.15) is 31.6 Å². The van der Waals surface area contributed by atoms with Crippen LogP contribution in [0.25, 0.3) is 11.4 Å². The van der Waals surface area contributed by atoms with Crippen LogP contribution < -0.4 is 5.32 Å². The van der Waals surface area contributed by atoms with Crippen molar-refractivity contribution in [3.05, 3.63) is 60.4 Å². The number of aromatic nitrogens is 5. The quantitative estimate of drug-likeness (QED) is 0.778. The van der Waals surface area contributed by atoms with Crippen LogP contribution >= 0.6 is 0 Å². The average molecular weight is 322 g/mol. The highest BCUT2D eigenvalue weighted by atomic mass is 16.2. The molecule has 3 rings (SSSR count). The molecule has 7 nitrogen and oxygen atoms in total. The van der Waals surface area contributed by atoms with Gasteiger partial charge < -0.3 is 5.32 Å². The van der Waals surface area contributed by atoms with Crippen LogP contribution in [-0.2, 0) is 4.79 Å². The summed E-state index contributed by atoms with van der Waals surface area (Å²) in [4.78, 5) is 18.0. The molecule has 0 bridgehead atoms. The van der Waals surface area contributed by atoms with Crippen molar-refractivity contribution in [1.29, 1.82) is 0 Å². The number of nitrogens with zero attached hydrogens (tertiary/aromatic N) is 5. The van der Waals surface area contributed by atoms with Crippen molar-refractivity contribution in [1.82, 2.24) is 30.5 Å². The largest absolute Gasteiger partial charge is 0.346 e. The van der Waals surface area contributed by atoms with Gasteiger partial charge in [0.15, 0.2) is 0 Å². The zero-order chi connectivity index (χ0) is 16.9. The first kappa shape index (κ1) is 15.8. The lowest BCUT2D eigenvalue weighted by molar-refractivity contribution is -0.125. The summed E-state index contributed by atoms with van der Waals surface area (Å²) in [7, 11) is 0. The first-order valence-corrected chi connectivity index (χ1v) is 7.71. The average Bonchev–Trinajstić information content (AvgIpc) is 3.12. The molecule has 0 aliphatic carbocycles. The van der Waals surface area contributed by atoms with Gasteiger partial charge in [0, 0.05) is 11.8 Å². The van der Waals surface area contributed by atoms with Crippen LogP contribution in [0, 0.1) is 0 Å². The monoisotopic (exact) mass is 322 g/mol. The lowest BCUT2D eigenvalue weighted by Gasteiger charge is -2.16. The maximum atomic E-state index is 12.4. The lowest BCUT2D eigenvalue weighted by atomic mass is 10.2. The number of pyridine rings is 1. The fraction of sp³-hybridized carbons (Fsp3) is 0.235. The molecule has 1 amide bonds. The van der Waals surface area contributed by atoms with Crippen molar-refractivity contribution in [3.8, 4) is 11.4 Å². The minimum atomic E-state index is -0.568. The summed E-state index contributed by atoms with van der Waals surface area (Å²) in [5.74, 6) is 0.304.